The minimum Gasteiger partial charge on any atom is -0.479 e. The highest BCUT2D eigenvalue weighted by molar-refractivity contribution is 6.00. The molecule has 0 aliphatic carbocycles. The maximum atomic E-state index is 12.4. The number of amides is 2. The first-order valence-electron chi connectivity index (χ1n) is 8.46. The van der Waals surface area contributed by atoms with Crippen molar-refractivity contribution < 1.29 is 14.3 Å². The highest BCUT2D eigenvalue weighted by Gasteiger charge is 2.31. The predicted octanol–water partition coefficient (Wildman–Crippen LogP) is 1.59. The Bertz CT molecular complexity index is 730. The molecule has 2 heterocycles. The van der Waals surface area contributed by atoms with Crippen molar-refractivity contribution in [3.63, 3.8) is 0 Å². The van der Waals surface area contributed by atoms with Gasteiger partial charge in [-0.3, -0.25) is 14.3 Å². The van der Waals surface area contributed by atoms with E-state index in [0.29, 0.717) is 18.8 Å². The Kier molecular flexibility index (Phi) is 5.33. The standard InChI is InChI=1S/C18H22N4O3/c1-14-18(24)22(15-6-2-3-7-16(15)25-14)13-8-17(23)19-9-4-11-21-12-5-10-20-21/h2-3,5-7,10,12,14H,4,8-9,11,13H2,1H3,(H,19,23)/t14-/m1/s1. The van der Waals surface area contributed by atoms with Gasteiger partial charge in [0.05, 0.1) is 5.69 Å². The van der Waals surface area contributed by atoms with E-state index in [1.54, 1.807) is 18.0 Å². The second kappa shape index (κ2) is 7.83. The van der Waals surface area contributed by atoms with Crippen LogP contribution in [0.4, 0.5) is 5.69 Å². The highest BCUT2D eigenvalue weighted by Crippen LogP contribution is 2.33. The lowest BCUT2D eigenvalue weighted by molar-refractivity contribution is -0.125. The van der Waals surface area contributed by atoms with Crippen molar-refractivity contribution in [3.05, 3.63) is 42.7 Å². The molecule has 0 saturated heterocycles. The van der Waals surface area contributed by atoms with Crippen LogP contribution in [-0.2, 0) is 16.1 Å². The molecule has 7 heteroatoms. The van der Waals surface area contributed by atoms with Gasteiger partial charge in [-0.1, -0.05) is 12.1 Å². The highest BCUT2D eigenvalue weighted by atomic mass is 16.5. The molecule has 1 aliphatic rings. The Labute approximate surface area is 146 Å². The summed E-state index contributed by atoms with van der Waals surface area (Å²) >= 11 is 0. The van der Waals surface area contributed by atoms with Crippen molar-refractivity contribution >= 4 is 17.5 Å². The molecule has 25 heavy (non-hydrogen) atoms. The Morgan fingerprint density at radius 3 is 2.92 bits per heavy atom. The summed E-state index contributed by atoms with van der Waals surface area (Å²) in [5.41, 5.74) is 0.720. The molecule has 0 spiro atoms. The molecule has 2 amide bonds. The number of anilines is 1. The molecule has 1 aliphatic heterocycles. The number of para-hydroxylation sites is 2. The summed E-state index contributed by atoms with van der Waals surface area (Å²) in [6.45, 7) is 3.41. The number of aryl methyl sites for hydroxylation is 1. The van der Waals surface area contributed by atoms with Crippen LogP contribution in [0.2, 0.25) is 0 Å². The lowest BCUT2D eigenvalue weighted by Crippen LogP contribution is -2.45. The monoisotopic (exact) mass is 342 g/mol. The van der Waals surface area contributed by atoms with Crippen LogP contribution < -0.4 is 15.0 Å². The maximum absolute atomic E-state index is 12.4. The summed E-state index contributed by atoms with van der Waals surface area (Å²) in [5.74, 6) is 0.490. The minimum atomic E-state index is -0.535. The van der Waals surface area contributed by atoms with Gasteiger partial charge in [-0.15, -0.1) is 0 Å². The molecule has 1 N–H and O–H groups in total. The zero-order valence-corrected chi connectivity index (χ0v) is 14.2. The number of carbonyl (C=O) groups excluding carboxylic acids is 2. The van der Waals surface area contributed by atoms with Gasteiger partial charge in [-0.2, -0.15) is 5.10 Å². The van der Waals surface area contributed by atoms with Gasteiger partial charge >= 0.3 is 0 Å². The lowest BCUT2D eigenvalue weighted by atomic mass is 10.1. The third-order valence-corrected chi connectivity index (χ3v) is 4.08. The quantitative estimate of drug-likeness (QED) is 0.776. The molecule has 1 atom stereocenters. The average molecular weight is 342 g/mol. The number of nitrogens with one attached hydrogen (secondary N) is 1. The zero-order valence-electron chi connectivity index (χ0n) is 14.2. The molecule has 0 saturated carbocycles. The van der Waals surface area contributed by atoms with Gasteiger partial charge in [0, 0.05) is 38.4 Å². The molecule has 3 rings (SSSR count). The van der Waals surface area contributed by atoms with Crippen molar-refractivity contribution in [3.8, 4) is 5.75 Å². The molecule has 0 fully saturated rings. The fourth-order valence-electron chi connectivity index (χ4n) is 2.79. The smallest absolute Gasteiger partial charge is 0.267 e. The van der Waals surface area contributed by atoms with E-state index >= 15 is 0 Å². The number of nitrogens with zero attached hydrogens (tertiary/aromatic N) is 3. The van der Waals surface area contributed by atoms with Crippen LogP contribution in [0.5, 0.6) is 5.75 Å². The van der Waals surface area contributed by atoms with Gasteiger partial charge in [0.15, 0.2) is 6.10 Å². The first-order valence-corrected chi connectivity index (χ1v) is 8.46. The number of benzene rings is 1. The maximum Gasteiger partial charge on any atom is 0.267 e. The van der Waals surface area contributed by atoms with Gasteiger partial charge in [0.2, 0.25) is 5.91 Å². The van der Waals surface area contributed by atoms with Crippen LogP contribution in [0.25, 0.3) is 0 Å². The Morgan fingerprint density at radius 1 is 1.28 bits per heavy atom. The molecule has 0 radical (unpaired) electrons. The first kappa shape index (κ1) is 17.0. The molecule has 2 aromatic rings. The molecule has 1 aromatic carbocycles. The van der Waals surface area contributed by atoms with E-state index in [4.69, 9.17) is 4.74 Å². The van der Waals surface area contributed by atoms with Crippen LogP contribution in [0, 0.1) is 0 Å². The van der Waals surface area contributed by atoms with E-state index in [1.165, 1.54) is 0 Å². The van der Waals surface area contributed by atoms with Gasteiger partial charge in [0.1, 0.15) is 5.75 Å². The molecule has 0 bridgehead atoms. The van der Waals surface area contributed by atoms with Crippen LogP contribution in [0.15, 0.2) is 42.7 Å². The first-order chi connectivity index (χ1) is 12.1. The predicted molar refractivity (Wildman–Crippen MR) is 93.4 cm³/mol. The van der Waals surface area contributed by atoms with E-state index in [2.05, 4.69) is 10.4 Å². The van der Waals surface area contributed by atoms with Gasteiger partial charge in [-0.05, 0) is 31.5 Å². The fourth-order valence-corrected chi connectivity index (χ4v) is 2.79. The van der Waals surface area contributed by atoms with Gasteiger partial charge < -0.3 is 15.0 Å². The topological polar surface area (TPSA) is 76.5 Å². The van der Waals surface area contributed by atoms with Crippen LogP contribution in [-0.4, -0.2) is 40.8 Å². The largest absolute Gasteiger partial charge is 0.479 e. The summed E-state index contributed by atoms with van der Waals surface area (Å²) in [6, 6.07) is 9.26. The average Bonchev–Trinajstić information content (AvgIpc) is 3.12. The second-order valence-corrected chi connectivity index (χ2v) is 5.94. The lowest BCUT2D eigenvalue weighted by Gasteiger charge is -2.32. The number of carbonyl (C=O) groups is 2. The summed E-state index contributed by atoms with van der Waals surface area (Å²) in [4.78, 5) is 26.0. The van der Waals surface area contributed by atoms with Gasteiger partial charge in [-0.25, -0.2) is 0 Å². The number of ether oxygens (including phenoxy) is 1. The van der Waals surface area contributed by atoms with Crippen molar-refractivity contribution in [1.82, 2.24) is 15.1 Å². The molecular formula is C18H22N4O3. The van der Waals surface area contributed by atoms with E-state index in [-0.39, 0.29) is 18.2 Å². The van der Waals surface area contributed by atoms with Crippen molar-refractivity contribution in [2.45, 2.75) is 32.4 Å². The van der Waals surface area contributed by atoms with Crippen molar-refractivity contribution in [2.24, 2.45) is 0 Å². The van der Waals surface area contributed by atoms with Crippen LogP contribution in [0.3, 0.4) is 0 Å². The summed E-state index contributed by atoms with van der Waals surface area (Å²) in [7, 11) is 0. The van der Waals surface area contributed by atoms with Crippen LogP contribution in [0.1, 0.15) is 19.8 Å². The number of fused-ring (bicyclic) bond motifs is 1. The molecule has 0 unspecified atom stereocenters. The summed E-state index contributed by atoms with van der Waals surface area (Å²) in [5, 5.41) is 7.00. The second-order valence-electron chi connectivity index (χ2n) is 5.94. The number of rotatable bonds is 7. The van der Waals surface area contributed by atoms with E-state index in [1.807, 2.05) is 41.2 Å². The summed E-state index contributed by atoms with van der Waals surface area (Å²) < 4.78 is 7.43. The SMILES string of the molecule is C[C@H]1Oc2ccccc2N(CCC(=O)NCCCn2cccn2)C1=O. The third-order valence-electron chi connectivity index (χ3n) is 4.08. The molecule has 132 valence electrons. The van der Waals surface area contributed by atoms with E-state index in [0.717, 1.165) is 18.7 Å². The zero-order chi connectivity index (χ0) is 17.6. The van der Waals surface area contributed by atoms with Crippen molar-refractivity contribution in [2.75, 3.05) is 18.0 Å². The number of aromatic nitrogens is 2. The minimum absolute atomic E-state index is 0.0649. The Morgan fingerprint density at radius 2 is 2.12 bits per heavy atom. The molecular weight excluding hydrogens is 320 g/mol. The normalized spacial score (nSPS) is 16.3. The van der Waals surface area contributed by atoms with Crippen molar-refractivity contribution in [1.29, 1.82) is 0 Å². The van der Waals surface area contributed by atoms with Crippen LogP contribution >= 0.6 is 0 Å². The third kappa shape index (κ3) is 4.17. The van der Waals surface area contributed by atoms with E-state index in [9.17, 15) is 9.59 Å². The molecule has 1 aromatic heterocycles. The Balaban J connectivity index is 1.47. The number of hydrogen-bond donors (Lipinski definition) is 1. The number of hydrogen-bond acceptors (Lipinski definition) is 4. The summed E-state index contributed by atoms with van der Waals surface area (Å²) in [6.07, 6.45) is 4.16. The molecule has 7 nitrogen and oxygen atoms in total. The van der Waals surface area contributed by atoms with E-state index < -0.39 is 6.10 Å². The Hall–Kier alpha value is -2.83. The fraction of sp³-hybridized carbons (Fsp3) is 0.389. The van der Waals surface area contributed by atoms with Gasteiger partial charge in [0.25, 0.3) is 5.91 Å².